The Morgan fingerprint density at radius 1 is 1.33 bits per heavy atom. The van der Waals surface area contributed by atoms with Gasteiger partial charge in [0.15, 0.2) is 9.84 Å². The van der Waals surface area contributed by atoms with Crippen LogP contribution >= 0.6 is 12.4 Å². The smallest absolute Gasteiger partial charge is 0.152 e. The molecule has 0 aliphatic carbocycles. The molecule has 1 saturated heterocycles. The Morgan fingerprint density at radius 3 is 2.47 bits per heavy atom. The molecule has 1 atom stereocenters. The maximum absolute atomic E-state index is 11.7. The zero-order chi connectivity index (χ0) is 10.6. The van der Waals surface area contributed by atoms with Gasteiger partial charge in [0, 0.05) is 6.04 Å². The van der Waals surface area contributed by atoms with Crippen LogP contribution in [-0.4, -0.2) is 32.5 Å². The van der Waals surface area contributed by atoms with Gasteiger partial charge < -0.3 is 5.32 Å². The van der Waals surface area contributed by atoms with Gasteiger partial charge in [0.1, 0.15) is 0 Å². The summed E-state index contributed by atoms with van der Waals surface area (Å²) in [7, 11) is -2.84. The molecule has 0 spiro atoms. The van der Waals surface area contributed by atoms with Gasteiger partial charge in [-0.05, 0) is 25.3 Å². The molecule has 0 aromatic carbocycles. The molecule has 0 aromatic heterocycles. The Hall–Kier alpha value is 0.200. The maximum atomic E-state index is 11.7. The van der Waals surface area contributed by atoms with E-state index in [4.69, 9.17) is 0 Å². The molecular weight excluding hydrogens is 234 g/mol. The van der Waals surface area contributed by atoms with Crippen LogP contribution in [0, 0.1) is 5.92 Å². The molecule has 1 heterocycles. The summed E-state index contributed by atoms with van der Waals surface area (Å²) in [4.78, 5) is 0. The third kappa shape index (κ3) is 6.38. The zero-order valence-electron chi connectivity index (χ0n) is 9.53. The number of nitrogens with one attached hydrogen (secondary N) is 1. The predicted octanol–water partition coefficient (Wildman–Crippen LogP) is 1.62. The molecule has 3 nitrogen and oxygen atoms in total. The first-order valence-electron chi connectivity index (χ1n) is 5.43. The van der Waals surface area contributed by atoms with Crippen LogP contribution in [0.25, 0.3) is 0 Å². The van der Waals surface area contributed by atoms with Crippen molar-refractivity contribution < 1.29 is 8.42 Å². The fraction of sp³-hybridized carbons (Fsp3) is 1.00. The van der Waals surface area contributed by atoms with E-state index in [-0.39, 0.29) is 24.4 Å². The highest BCUT2D eigenvalue weighted by Gasteiger charge is 2.21. The summed E-state index contributed by atoms with van der Waals surface area (Å²) in [5.74, 6) is 0.889. The third-order valence-corrected chi connectivity index (χ3v) is 4.54. The van der Waals surface area contributed by atoms with Gasteiger partial charge >= 0.3 is 0 Å². The van der Waals surface area contributed by atoms with E-state index in [9.17, 15) is 8.42 Å². The Bertz CT molecular complexity index is 259. The lowest BCUT2D eigenvalue weighted by Gasteiger charge is -2.23. The first-order chi connectivity index (χ1) is 6.49. The van der Waals surface area contributed by atoms with Gasteiger partial charge in [0.2, 0.25) is 0 Å². The predicted molar refractivity (Wildman–Crippen MR) is 66.4 cm³/mol. The molecule has 92 valence electrons. The SMILES string of the molecule is CC(C)CS(=O)(=O)CC1CCCCN1.Cl. The average molecular weight is 256 g/mol. The van der Waals surface area contributed by atoms with Crippen molar-refractivity contribution in [1.82, 2.24) is 5.32 Å². The molecule has 0 saturated carbocycles. The van der Waals surface area contributed by atoms with Gasteiger partial charge in [-0.15, -0.1) is 12.4 Å². The number of hydrogen-bond donors (Lipinski definition) is 1. The molecule has 1 aliphatic heterocycles. The molecule has 0 aromatic rings. The van der Waals surface area contributed by atoms with Crippen molar-refractivity contribution in [3.05, 3.63) is 0 Å². The van der Waals surface area contributed by atoms with Crippen LogP contribution in [0.15, 0.2) is 0 Å². The molecule has 1 unspecified atom stereocenters. The molecule has 0 bridgehead atoms. The topological polar surface area (TPSA) is 46.2 Å². The Morgan fingerprint density at radius 2 is 2.00 bits per heavy atom. The summed E-state index contributed by atoms with van der Waals surface area (Å²) in [6.07, 6.45) is 3.35. The molecule has 1 N–H and O–H groups in total. The molecule has 1 aliphatic rings. The third-order valence-electron chi connectivity index (χ3n) is 2.45. The fourth-order valence-electron chi connectivity index (χ4n) is 1.95. The molecule has 1 rings (SSSR count). The molecule has 15 heavy (non-hydrogen) atoms. The van der Waals surface area contributed by atoms with E-state index in [1.165, 1.54) is 6.42 Å². The monoisotopic (exact) mass is 255 g/mol. The van der Waals surface area contributed by atoms with Gasteiger partial charge in [-0.3, -0.25) is 0 Å². The van der Waals surface area contributed by atoms with Gasteiger partial charge in [-0.1, -0.05) is 20.3 Å². The fourth-order valence-corrected chi connectivity index (χ4v) is 4.00. The van der Waals surface area contributed by atoms with Crippen molar-refractivity contribution in [1.29, 1.82) is 0 Å². The van der Waals surface area contributed by atoms with Gasteiger partial charge in [-0.2, -0.15) is 0 Å². The summed E-state index contributed by atoms with van der Waals surface area (Å²) in [6.45, 7) is 4.87. The van der Waals surface area contributed by atoms with Gasteiger partial charge in [-0.25, -0.2) is 8.42 Å². The van der Waals surface area contributed by atoms with Crippen molar-refractivity contribution in [3.8, 4) is 0 Å². The number of piperidine rings is 1. The largest absolute Gasteiger partial charge is 0.313 e. The van der Waals surface area contributed by atoms with E-state index in [1.54, 1.807) is 0 Å². The lowest BCUT2D eigenvalue weighted by molar-refractivity contribution is 0.423. The minimum atomic E-state index is -2.84. The van der Waals surface area contributed by atoms with Gasteiger partial charge in [0.05, 0.1) is 11.5 Å². The van der Waals surface area contributed by atoms with E-state index in [0.29, 0.717) is 11.5 Å². The van der Waals surface area contributed by atoms with Gasteiger partial charge in [0.25, 0.3) is 0 Å². The van der Waals surface area contributed by atoms with Crippen LogP contribution in [0.4, 0.5) is 0 Å². The van der Waals surface area contributed by atoms with Crippen molar-refractivity contribution in [2.75, 3.05) is 18.1 Å². The van der Waals surface area contributed by atoms with E-state index >= 15 is 0 Å². The molecule has 0 radical (unpaired) electrons. The van der Waals surface area contributed by atoms with E-state index in [0.717, 1.165) is 19.4 Å². The van der Waals surface area contributed by atoms with Crippen molar-refractivity contribution >= 4 is 22.2 Å². The van der Waals surface area contributed by atoms with Crippen molar-refractivity contribution in [2.45, 2.75) is 39.2 Å². The minimum absolute atomic E-state index is 0. The Balaban J connectivity index is 0.00000196. The van der Waals surface area contributed by atoms with Crippen LogP contribution in [-0.2, 0) is 9.84 Å². The number of hydrogen-bond acceptors (Lipinski definition) is 3. The summed E-state index contributed by atoms with van der Waals surface area (Å²) >= 11 is 0. The summed E-state index contributed by atoms with van der Waals surface area (Å²) < 4.78 is 23.3. The average Bonchev–Trinajstić information content (AvgIpc) is 2.02. The number of rotatable bonds is 4. The standard InChI is InChI=1S/C10H21NO2S.ClH/c1-9(2)7-14(12,13)8-10-5-3-4-6-11-10;/h9-11H,3-8H2,1-2H3;1H. The summed E-state index contributed by atoms with van der Waals surface area (Å²) in [5.41, 5.74) is 0. The van der Waals surface area contributed by atoms with E-state index in [1.807, 2.05) is 13.8 Å². The maximum Gasteiger partial charge on any atom is 0.152 e. The molecule has 0 amide bonds. The van der Waals surface area contributed by atoms with E-state index in [2.05, 4.69) is 5.32 Å². The Kier molecular flexibility index (Phi) is 6.80. The summed E-state index contributed by atoms with van der Waals surface area (Å²) in [5, 5.41) is 3.27. The van der Waals surface area contributed by atoms with Crippen molar-refractivity contribution in [3.63, 3.8) is 0 Å². The number of halogens is 1. The second-order valence-corrected chi connectivity index (χ2v) is 6.77. The number of sulfone groups is 1. The first-order valence-corrected chi connectivity index (χ1v) is 7.25. The highest BCUT2D eigenvalue weighted by molar-refractivity contribution is 7.91. The second kappa shape index (κ2) is 6.71. The van der Waals surface area contributed by atoms with Crippen LogP contribution in [0.5, 0.6) is 0 Å². The van der Waals surface area contributed by atoms with E-state index < -0.39 is 9.84 Å². The second-order valence-electron chi connectivity index (χ2n) is 4.62. The lowest BCUT2D eigenvalue weighted by Crippen LogP contribution is -2.40. The highest BCUT2D eigenvalue weighted by Crippen LogP contribution is 2.11. The zero-order valence-corrected chi connectivity index (χ0v) is 11.2. The molecule has 5 heteroatoms. The van der Waals surface area contributed by atoms with Crippen LogP contribution in [0.2, 0.25) is 0 Å². The van der Waals surface area contributed by atoms with Crippen molar-refractivity contribution in [2.24, 2.45) is 5.92 Å². The van der Waals surface area contributed by atoms with Crippen LogP contribution < -0.4 is 5.32 Å². The summed E-state index contributed by atoms with van der Waals surface area (Å²) in [6, 6.07) is 0.201. The molecular formula is C10H22ClNO2S. The Labute approximate surface area is 99.3 Å². The lowest BCUT2D eigenvalue weighted by atomic mass is 10.1. The minimum Gasteiger partial charge on any atom is -0.313 e. The first kappa shape index (κ1) is 15.2. The van der Waals surface area contributed by atoms with Crippen LogP contribution in [0.3, 0.4) is 0 Å². The highest BCUT2D eigenvalue weighted by atomic mass is 35.5. The van der Waals surface area contributed by atoms with Crippen LogP contribution in [0.1, 0.15) is 33.1 Å². The molecule has 1 fully saturated rings. The quantitative estimate of drug-likeness (QED) is 0.831. The normalized spacial score (nSPS) is 22.5.